The maximum absolute atomic E-state index is 9.06. The van der Waals surface area contributed by atoms with Gasteiger partial charge < -0.3 is 5.32 Å². The minimum absolute atomic E-state index is 0.625. The van der Waals surface area contributed by atoms with Gasteiger partial charge in [0.2, 0.25) is 6.41 Å². The number of carbonyl (C=O) groups excluding carboxylic acids is 1. The minimum atomic E-state index is 0.625. The van der Waals surface area contributed by atoms with E-state index in [2.05, 4.69) is 19.2 Å². The van der Waals surface area contributed by atoms with Gasteiger partial charge in [-0.25, -0.2) is 0 Å². The van der Waals surface area contributed by atoms with Crippen molar-refractivity contribution in [1.82, 2.24) is 5.32 Å². The van der Waals surface area contributed by atoms with Gasteiger partial charge in [0.25, 0.3) is 0 Å². The average molecular weight is 157 g/mol. The molecule has 2 nitrogen and oxygen atoms in total. The van der Waals surface area contributed by atoms with E-state index in [-0.39, 0.29) is 0 Å². The van der Waals surface area contributed by atoms with Crippen LogP contribution in [0.15, 0.2) is 0 Å². The summed E-state index contributed by atoms with van der Waals surface area (Å²) in [6.45, 7) is 4.72. The molecule has 0 radical (unpaired) electrons. The van der Waals surface area contributed by atoms with E-state index in [9.17, 15) is 0 Å². The van der Waals surface area contributed by atoms with Crippen LogP contribution in [-0.4, -0.2) is 13.5 Å². The highest BCUT2D eigenvalue weighted by Gasteiger charge is 2.21. The van der Waals surface area contributed by atoms with Crippen LogP contribution in [0.2, 0.25) is 0 Å². The van der Waals surface area contributed by atoms with Crippen LogP contribution in [-0.2, 0) is 4.79 Å². The third-order valence-electron chi connectivity index (χ3n) is 2.07. The van der Waals surface area contributed by atoms with Crippen molar-refractivity contribution in [2.45, 2.75) is 39.5 Å². The summed E-state index contributed by atoms with van der Waals surface area (Å²) < 4.78 is 0. The molecule has 11 heavy (non-hydrogen) atoms. The summed E-state index contributed by atoms with van der Waals surface area (Å²) in [6.07, 6.45) is 6.46. The Hall–Kier alpha value is -0.530. The fourth-order valence-corrected chi connectivity index (χ4v) is 1.33. The molecule has 1 N–H and O–H groups in total. The van der Waals surface area contributed by atoms with Gasteiger partial charge in [-0.2, -0.15) is 0 Å². The second-order valence-corrected chi connectivity index (χ2v) is 3.78. The normalized spacial score (nSPS) is 19.9. The van der Waals surface area contributed by atoms with E-state index >= 15 is 0 Å². The van der Waals surface area contributed by atoms with Gasteiger partial charge in [0.1, 0.15) is 0 Å². The summed E-state index contributed by atoms with van der Waals surface area (Å²) in [4.78, 5) is 9.06. The van der Waals surface area contributed by atoms with Crippen LogP contribution in [0.5, 0.6) is 0 Å². The van der Waals surface area contributed by atoms with E-state index in [1.807, 2.05) is 0 Å². The Morgan fingerprint density at radius 1 is 1.27 bits per heavy atom. The van der Waals surface area contributed by atoms with Crippen molar-refractivity contribution in [3.8, 4) is 0 Å². The Morgan fingerprint density at radius 3 is 1.73 bits per heavy atom. The van der Waals surface area contributed by atoms with Gasteiger partial charge in [0.15, 0.2) is 0 Å². The van der Waals surface area contributed by atoms with Crippen molar-refractivity contribution in [3.05, 3.63) is 0 Å². The molecule has 66 valence electrons. The van der Waals surface area contributed by atoms with Gasteiger partial charge in [0, 0.05) is 7.05 Å². The number of rotatable bonds is 1. The van der Waals surface area contributed by atoms with E-state index < -0.39 is 0 Å². The molecule has 0 aromatic rings. The summed E-state index contributed by atoms with van der Waals surface area (Å²) in [6, 6.07) is 0. The van der Waals surface area contributed by atoms with Gasteiger partial charge in [-0.1, -0.05) is 26.7 Å². The molecule has 0 unspecified atom stereocenters. The van der Waals surface area contributed by atoms with E-state index in [1.54, 1.807) is 7.05 Å². The first-order chi connectivity index (χ1) is 5.12. The highest BCUT2D eigenvalue weighted by Crippen LogP contribution is 2.36. The Morgan fingerprint density at radius 2 is 1.64 bits per heavy atom. The Balaban J connectivity index is 0.000000218. The van der Waals surface area contributed by atoms with Gasteiger partial charge in [-0.05, 0) is 18.3 Å². The lowest BCUT2D eigenvalue weighted by molar-refractivity contribution is -0.109. The zero-order valence-electron chi connectivity index (χ0n) is 7.81. The predicted molar refractivity (Wildman–Crippen MR) is 47.4 cm³/mol. The van der Waals surface area contributed by atoms with Crippen LogP contribution in [0.3, 0.4) is 0 Å². The molecule has 1 rings (SSSR count). The monoisotopic (exact) mass is 157 g/mol. The zero-order chi connectivity index (χ0) is 8.74. The van der Waals surface area contributed by atoms with Crippen molar-refractivity contribution >= 4 is 6.41 Å². The number of hydrogen-bond donors (Lipinski definition) is 1. The molecule has 1 saturated carbocycles. The second-order valence-electron chi connectivity index (χ2n) is 3.78. The van der Waals surface area contributed by atoms with Crippen LogP contribution < -0.4 is 5.32 Å². The van der Waals surface area contributed by atoms with Crippen LogP contribution in [0.4, 0.5) is 0 Å². The highest BCUT2D eigenvalue weighted by molar-refractivity contribution is 5.44. The van der Waals surface area contributed by atoms with Crippen LogP contribution >= 0.6 is 0 Å². The SMILES string of the molecule is CC1(C)CCCC1.CNC=O. The van der Waals surface area contributed by atoms with Crippen LogP contribution in [0.25, 0.3) is 0 Å². The minimum Gasteiger partial charge on any atom is -0.362 e. The molecular weight excluding hydrogens is 138 g/mol. The molecule has 0 aromatic carbocycles. The first-order valence-corrected chi connectivity index (χ1v) is 4.23. The molecule has 0 heterocycles. The average Bonchev–Trinajstić information content (AvgIpc) is 2.35. The Labute approximate surface area is 69.4 Å². The first-order valence-electron chi connectivity index (χ1n) is 4.23. The largest absolute Gasteiger partial charge is 0.362 e. The molecule has 1 amide bonds. The lowest BCUT2D eigenvalue weighted by atomic mass is 9.92. The van der Waals surface area contributed by atoms with Crippen LogP contribution in [0.1, 0.15) is 39.5 Å². The molecule has 2 heteroatoms. The number of hydrogen-bond acceptors (Lipinski definition) is 1. The molecule has 0 bridgehead atoms. The predicted octanol–water partition coefficient (Wildman–Crippen LogP) is 1.95. The van der Waals surface area contributed by atoms with E-state index in [1.165, 1.54) is 25.7 Å². The molecule has 1 fully saturated rings. The van der Waals surface area contributed by atoms with Crippen molar-refractivity contribution in [2.24, 2.45) is 5.41 Å². The standard InChI is InChI=1S/C7H14.C2H5NO/c1-7(2)5-3-4-6-7;1-3-2-4/h3-6H2,1-2H3;2H,1H3,(H,3,4). The number of carbonyl (C=O) groups is 1. The number of amides is 1. The first kappa shape index (κ1) is 10.5. The van der Waals surface area contributed by atoms with Crippen molar-refractivity contribution < 1.29 is 4.79 Å². The summed E-state index contributed by atoms with van der Waals surface area (Å²) in [7, 11) is 1.56. The molecule has 1 aliphatic carbocycles. The summed E-state index contributed by atoms with van der Waals surface area (Å²) in [5.74, 6) is 0. The maximum Gasteiger partial charge on any atom is 0.206 e. The maximum atomic E-state index is 9.06. The lowest BCUT2D eigenvalue weighted by Gasteiger charge is -2.13. The molecule has 0 saturated heterocycles. The number of nitrogens with one attached hydrogen (secondary N) is 1. The Bertz CT molecular complexity index is 102. The second kappa shape index (κ2) is 5.16. The quantitative estimate of drug-likeness (QED) is 0.579. The Kier molecular flexibility index (Phi) is 4.92. The third kappa shape index (κ3) is 5.89. The molecule has 0 aliphatic heterocycles. The summed E-state index contributed by atoms with van der Waals surface area (Å²) >= 11 is 0. The topological polar surface area (TPSA) is 29.1 Å². The fourth-order valence-electron chi connectivity index (χ4n) is 1.33. The van der Waals surface area contributed by atoms with Gasteiger partial charge >= 0.3 is 0 Å². The van der Waals surface area contributed by atoms with Gasteiger partial charge in [-0.15, -0.1) is 0 Å². The van der Waals surface area contributed by atoms with E-state index in [0.717, 1.165) is 0 Å². The summed E-state index contributed by atoms with van der Waals surface area (Å²) in [5.41, 5.74) is 0.694. The van der Waals surface area contributed by atoms with E-state index in [0.29, 0.717) is 11.8 Å². The highest BCUT2D eigenvalue weighted by atomic mass is 16.1. The van der Waals surface area contributed by atoms with E-state index in [4.69, 9.17) is 4.79 Å². The van der Waals surface area contributed by atoms with Gasteiger partial charge in [-0.3, -0.25) is 4.79 Å². The molecule has 1 aliphatic rings. The smallest absolute Gasteiger partial charge is 0.206 e. The third-order valence-corrected chi connectivity index (χ3v) is 2.07. The molecule has 0 aromatic heterocycles. The van der Waals surface area contributed by atoms with Crippen molar-refractivity contribution in [3.63, 3.8) is 0 Å². The molecule has 0 spiro atoms. The summed E-state index contributed by atoms with van der Waals surface area (Å²) in [5, 5.41) is 2.25. The lowest BCUT2D eigenvalue weighted by Crippen LogP contribution is -2.01. The fraction of sp³-hybridized carbons (Fsp3) is 0.889. The molecule has 0 atom stereocenters. The van der Waals surface area contributed by atoms with Crippen LogP contribution in [0, 0.1) is 5.41 Å². The van der Waals surface area contributed by atoms with Crippen molar-refractivity contribution in [1.29, 1.82) is 0 Å². The zero-order valence-corrected chi connectivity index (χ0v) is 7.81. The molecular formula is C9H19NO. The van der Waals surface area contributed by atoms with Gasteiger partial charge in [0.05, 0.1) is 0 Å². The van der Waals surface area contributed by atoms with Crippen molar-refractivity contribution in [2.75, 3.05) is 7.05 Å².